The lowest BCUT2D eigenvalue weighted by molar-refractivity contribution is -0.290. The topological polar surface area (TPSA) is 205 Å². The summed E-state index contributed by atoms with van der Waals surface area (Å²) in [6, 6.07) is 4.74. The maximum absolute atomic E-state index is 13.6. The molecule has 2 fully saturated rings. The summed E-state index contributed by atoms with van der Waals surface area (Å²) in [4.78, 5) is 31.1. The highest BCUT2D eigenvalue weighted by Crippen LogP contribution is 2.31. The van der Waals surface area contributed by atoms with Gasteiger partial charge in [0.15, 0.2) is 6.29 Å². The van der Waals surface area contributed by atoms with Gasteiger partial charge < -0.3 is 51.0 Å². The quantitative estimate of drug-likeness (QED) is 0.0510. The molecule has 17 heteroatoms. The van der Waals surface area contributed by atoms with E-state index in [2.05, 4.69) is 22.5 Å². The normalized spacial score (nSPS) is 27.4. The minimum absolute atomic E-state index is 0.107. The summed E-state index contributed by atoms with van der Waals surface area (Å²) in [6.45, 7) is 0.392. The fourth-order valence-electron chi connectivity index (χ4n) is 6.63. The van der Waals surface area contributed by atoms with Crippen molar-refractivity contribution in [2.24, 2.45) is 10.7 Å². The van der Waals surface area contributed by atoms with Crippen LogP contribution in [-0.4, -0.2) is 113 Å². The van der Waals surface area contributed by atoms with Crippen LogP contribution in [0.15, 0.2) is 53.5 Å². The van der Waals surface area contributed by atoms with Crippen molar-refractivity contribution in [1.82, 2.24) is 10.6 Å². The highest BCUT2D eigenvalue weighted by Gasteiger charge is 2.50. The van der Waals surface area contributed by atoms with E-state index in [1.54, 1.807) is 0 Å². The first-order chi connectivity index (χ1) is 26.3. The van der Waals surface area contributed by atoms with Crippen LogP contribution in [0.3, 0.4) is 0 Å². The largest absolute Gasteiger partial charge is 0.416 e. The van der Waals surface area contributed by atoms with E-state index in [-0.39, 0.29) is 30.0 Å². The van der Waals surface area contributed by atoms with Crippen molar-refractivity contribution in [3.05, 3.63) is 71.0 Å². The van der Waals surface area contributed by atoms with E-state index >= 15 is 0 Å². The number of aliphatic hydroxyl groups is 4. The van der Waals surface area contributed by atoms with E-state index < -0.39 is 97.5 Å². The Balaban J connectivity index is 1.64. The molecular formula is C38H52F4N4O9. The Morgan fingerprint density at radius 2 is 1.56 bits per heavy atom. The summed E-state index contributed by atoms with van der Waals surface area (Å²) in [5.41, 5.74) is 5.06. The Morgan fingerprint density at radius 1 is 0.909 bits per heavy atom. The van der Waals surface area contributed by atoms with E-state index in [0.717, 1.165) is 62.8 Å². The Morgan fingerprint density at radius 3 is 2.20 bits per heavy atom. The van der Waals surface area contributed by atoms with Crippen LogP contribution in [0.25, 0.3) is 0 Å². The van der Waals surface area contributed by atoms with Gasteiger partial charge in [-0.25, -0.2) is 4.39 Å². The average molecular weight is 785 g/mol. The molecular weight excluding hydrogens is 732 g/mol. The molecule has 2 amide bonds. The molecule has 13 nitrogen and oxygen atoms in total. The fraction of sp³-hybridized carbons (Fsp3) is 0.605. The summed E-state index contributed by atoms with van der Waals surface area (Å²) in [6.07, 6.45) is -5.66. The standard InChI is InChI=1S/C38H52F4N4O9/c1-2-3-4-5-6-7-8-9-13-29(49)45-30-27(19-47)53-21-26(44-36(52)23-11-10-12-24(18-23)38(40,41)42)34(30)55-37-31(33(51)32(50)28(20-48)54-37)46-35(43)22-14-16-25(39)17-15-22/h10-12,14-18,26-28,30-34,37,47-48,50-51H,2-9,13,19-21H2,1H3,(H2,43,46)(H,44,52)(H,45,49)/t26-,27+,28+,30-,31+,32+,33+,34+,37-/m0/s1. The molecule has 2 aromatic carbocycles. The number of hydrogen-bond acceptors (Lipinski definition) is 10. The molecule has 2 aliphatic heterocycles. The van der Waals surface area contributed by atoms with Crippen LogP contribution >= 0.6 is 0 Å². The highest BCUT2D eigenvalue weighted by molar-refractivity contribution is 5.97. The molecule has 306 valence electrons. The van der Waals surface area contributed by atoms with Gasteiger partial charge in [0.05, 0.1) is 37.5 Å². The Kier molecular flexibility index (Phi) is 16.8. The predicted molar refractivity (Wildman–Crippen MR) is 192 cm³/mol. The van der Waals surface area contributed by atoms with Crippen molar-refractivity contribution >= 4 is 17.6 Å². The number of carbonyl (C=O) groups excluding carboxylic acids is 2. The first kappa shape index (κ1) is 44.0. The van der Waals surface area contributed by atoms with E-state index in [1.165, 1.54) is 24.6 Å². The predicted octanol–water partition coefficient (Wildman–Crippen LogP) is 2.95. The fourth-order valence-corrected chi connectivity index (χ4v) is 6.63. The van der Waals surface area contributed by atoms with Crippen LogP contribution in [0, 0.1) is 5.82 Å². The van der Waals surface area contributed by atoms with E-state index in [4.69, 9.17) is 19.9 Å². The third-order valence-electron chi connectivity index (χ3n) is 9.74. The number of halogens is 4. The maximum Gasteiger partial charge on any atom is 0.416 e. The molecule has 0 aromatic heterocycles. The number of amides is 2. The first-order valence-corrected chi connectivity index (χ1v) is 18.6. The monoisotopic (exact) mass is 784 g/mol. The van der Waals surface area contributed by atoms with Gasteiger partial charge >= 0.3 is 6.18 Å². The lowest BCUT2D eigenvalue weighted by atomic mass is 9.93. The van der Waals surface area contributed by atoms with Crippen molar-refractivity contribution in [2.75, 3.05) is 19.8 Å². The number of aliphatic imine (C=N–C) groups is 1. The first-order valence-electron chi connectivity index (χ1n) is 18.6. The molecule has 2 heterocycles. The average Bonchev–Trinajstić information content (AvgIpc) is 3.16. The molecule has 0 saturated carbocycles. The Bertz CT molecular complexity index is 1550. The van der Waals surface area contributed by atoms with Gasteiger partial charge in [0, 0.05) is 17.5 Å². The number of benzene rings is 2. The lowest BCUT2D eigenvalue weighted by Gasteiger charge is -2.47. The van der Waals surface area contributed by atoms with Crippen LogP contribution < -0.4 is 16.4 Å². The summed E-state index contributed by atoms with van der Waals surface area (Å²) in [5.74, 6) is -2.13. The van der Waals surface area contributed by atoms with Gasteiger partial charge in [0.25, 0.3) is 5.91 Å². The number of nitrogens with two attached hydrogens (primary N) is 1. The molecule has 2 aliphatic rings. The van der Waals surface area contributed by atoms with E-state index in [0.29, 0.717) is 12.5 Å². The molecule has 2 saturated heterocycles. The van der Waals surface area contributed by atoms with Crippen LogP contribution in [0.4, 0.5) is 17.6 Å². The van der Waals surface area contributed by atoms with Gasteiger partial charge in [-0.15, -0.1) is 0 Å². The number of amidine groups is 1. The number of aliphatic hydroxyl groups excluding tert-OH is 4. The molecule has 0 radical (unpaired) electrons. The molecule has 0 unspecified atom stereocenters. The molecule has 0 spiro atoms. The number of ether oxygens (including phenoxy) is 3. The SMILES string of the molecule is CCCCCCCCCCC(=O)N[C@@H]1[C@H](O[C@@H]2O[C@H](CO)[C@@H](O)[C@H](O)[C@H]2N=C(N)c2ccc(F)cc2)[C@@H](NC(=O)c2cccc(C(F)(F)F)c2)CO[C@@H]1CO. The van der Waals surface area contributed by atoms with Gasteiger partial charge in [0.2, 0.25) is 5.91 Å². The van der Waals surface area contributed by atoms with Gasteiger partial charge in [-0.05, 0) is 48.9 Å². The molecule has 4 rings (SSSR count). The summed E-state index contributed by atoms with van der Waals surface area (Å²) >= 11 is 0. The molecule has 0 bridgehead atoms. The van der Waals surface area contributed by atoms with Crippen molar-refractivity contribution in [3.63, 3.8) is 0 Å². The number of unbranched alkanes of at least 4 members (excludes halogenated alkanes) is 7. The highest BCUT2D eigenvalue weighted by atomic mass is 19.4. The van der Waals surface area contributed by atoms with Crippen molar-refractivity contribution in [3.8, 4) is 0 Å². The zero-order chi connectivity index (χ0) is 40.1. The van der Waals surface area contributed by atoms with Crippen LogP contribution in [0.1, 0.15) is 86.2 Å². The zero-order valence-electron chi connectivity index (χ0n) is 30.7. The number of rotatable bonds is 18. The third kappa shape index (κ3) is 12.4. The number of nitrogens with zero attached hydrogens (tertiary/aromatic N) is 1. The number of alkyl halides is 3. The molecule has 0 aliphatic carbocycles. The minimum Gasteiger partial charge on any atom is -0.394 e. The number of nitrogens with one attached hydrogen (secondary N) is 2. The maximum atomic E-state index is 13.6. The van der Waals surface area contributed by atoms with Gasteiger partial charge in [0.1, 0.15) is 48.2 Å². The van der Waals surface area contributed by atoms with Crippen LogP contribution in [0.2, 0.25) is 0 Å². The van der Waals surface area contributed by atoms with E-state index in [1.807, 2.05) is 0 Å². The minimum atomic E-state index is -4.73. The summed E-state index contributed by atoms with van der Waals surface area (Å²) < 4.78 is 72.2. The second-order valence-electron chi connectivity index (χ2n) is 13.9. The van der Waals surface area contributed by atoms with Crippen LogP contribution in [0.5, 0.6) is 0 Å². The Hall–Kier alpha value is -3.71. The number of hydrogen-bond donors (Lipinski definition) is 7. The van der Waals surface area contributed by atoms with Gasteiger partial charge in [-0.2, -0.15) is 13.2 Å². The van der Waals surface area contributed by atoms with Crippen molar-refractivity contribution < 1.29 is 61.8 Å². The molecule has 9 atom stereocenters. The summed E-state index contributed by atoms with van der Waals surface area (Å²) in [5, 5.41) is 47.7. The van der Waals surface area contributed by atoms with E-state index in [9.17, 15) is 47.6 Å². The van der Waals surface area contributed by atoms with Crippen molar-refractivity contribution in [2.45, 2.75) is 126 Å². The summed E-state index contributed by atoms with van der Waals surface area (Å²) in [7, 11) is 0. The van der Waals surface area contributed by atoms with Gasteiger partial charge in [-0.3, -0.25) is 14.6 Å². The molecule has 8 N–H and O–H groups in total. The lowest BCUT2D eigenvalue weighted by Crippen LogP contribution is -2.68. The zero-order valence-corrected chi connectivity index (χ0v) is 30.7. The number of carbonyl (C=O) groups is 2. The smallest absolute Gasteiger partial charge is 0.394 e. The Labute approximate surface area is 317 Å². The third-order valence-corrected chi connectivity index (χ3v) is 9.74. The second kappa shape index (κ2) is 21.0. The van der Waals surface area contributed by atoms with Crippen molar-refractivity contribution in [1.29, 1.82) is 0 Å². The van der Waals surface area contributed by atoms with Gasteiger partial charge in [-0.1, -0.05) is 57.9 Å². The van der Waals surface area contributed by atoms with Crippen LogP contribution in [-0.2, 0) is 25.2 Å². The molecule has 55 heavy (non-hydrogen) atoms. The second-order valence-corrected chi connectivity index (χ2v) is 13.9. The molecule has 2 aromatic rings.